The molecule has 238 valence electrons. The van der Waals surface area contributed by atoms with Gasteiger partial charge >= 0.3 is 0 Å². The molecule has 0 saturated carbocycles. The summed E-state index contributed by atoms with van der Waals surface area (Å²) in [5.74, 6) is 2.43. The third kappa shape index (κ3) is 5.63. The molecule has 0 radical (unpaired) electrons. The summed E-state index contributed by atoms with van der Waals surface area (Å²) in [5, 5.41) is 0. The van der Waals surface area contributed by atoms with Gasteiger partial charge in [-0.15, -0.1) is 0 Å². The van der Waals surface area contributed by atoms with Crippen molar-refractivity contribution in [1.82, 2.24) is 9.80 Å². The van der Waals surface area contributed by atoms with E-state index in [0.29, 0.717) is 48.7 Å². The van der Waals surface area contributed by atoms with Crippen molar-refractivity contribution in [3.8, 4) is 28.7 Å². The summed E-state index contributed by atoms with van der Waals surface area (Å²) in [6.07, 6.45) is 2.98. The van der Waals surface area contributed by atoms with Crippen LogP contribution in [0.25, 0.3) is 0 Å². The van der Waals surface area contributed by atoms with Gasteiger partial charge in [0.05, 0.1) is 26.7 Å². The van der Waals surface area contributed by atoms with Crippen molar-refractivity contribution in [3.05, 3.63) is 77.4 Å². The van der Waals surface area contributed by atoms with Gasteiger partial charge in [-0.3, -0.25) is 9.59 Å². The third-order valence-electron chi connectivity index (χ3n) is 9.95. The maximum absolute atomic E-state index is 13.9. The number of ether oxygens (including phenoxy) is 5. The molecule has 2 saturated heterocycles. The largest absolute Gasteiger partial charge is 0.493 e. The van der Waals surface area contributed by atoms with Crippen LogP contribution < -0.4 is 29.4 Å². The number of carbonyl (C=O) groups is 2. The van der Waals surface area contributed by atoms with Crippen molar-refractivity contribution >= 4 is 11.8 Å². The highest BCUT2D eigenvalue weighted by atomic mass is 16.7. The van der Waals surface area contributed by atoms with Gasteiger partial charge in [-0.25, -0.2) is 0 Å². The first-order valence-corrected chi connectivity index (χ1v) is 15.4. The summed E-state index contributed by atoms with van der Waals surface area (Å²) in [4.78, 5) is 31.0. The summed E-state index contributed by atoms with van der Waals surface area (Å²) in [5.41, 5.74) is 7.65. The molecular weight excluding hydrogens is 574 g/mol. The second kappa shape index (κ2) is 12.5. The van der Waals surface area contributed by atoms with Gasteiger partial charge in [-0.05, 0) is 80.7 Å². The number of benzene rings is 3. The number of rotatable bonds is 10. The quantitative estimate of drug-likeness (QED) is 0.362. The zero-order valence-electron chi connectivity index (χ0n) is 26.2. The highest BCUT2D eigenvalue weighted by Gasteiger charge is 2.45. The van der Waals surface area contributed by atoms with Crippen molar-refractivity contribution in [2.24, 2.45) is 5.73 Å². The highest BCUT2D eigenvalue weighted by molar-refractivity contribution is 5.96. The van der Waals surface area contributed by atoms with Crippen molar-refractivity contribution in [1.29, 1.82) is 0 Å². The van der Waals surface area contributed by atoms with E-state index >= 15 is 0 Å². The van der Waals surface area contributed by atoms with Gasteiger partial charge < -0.3 is 39.2 Å². The van der Waals surface area contributed by atoms with Gasteiger partial charge in [0, 0.05) is 24.1 Å². The Bertz CT molecular complexity index is 1530. The number of fused-ring (bicyclic) bond motifs is 1. The lowest BCUT2D eigenvalue weighted by molar-refractivity contribution is -0.125. The van der Waals surface area contributed by atoms with Crippen LogP contribution in [0.2, 0.25) is 0 Å². The topological polar surface area (TPSA) is 113 Å². The molecule has 2 amide bonds. The number of nitrogens with two attached hydrogens (primary N) is 1. The van der Waals surface area contributed by atoms with E-state index < -0.39 is 5.41 Å². The number of likely N-dealkylation sites (tertiary alicyclic amines) is 2. The first kappa shape index (κ1) is 30.6. The van der Waals surface area contributed by atoms with Crippen LogP contribution in [0.4, 0.5) is 0 Å². The number of primary amides is 1. The van der Waals surface area contributed by atoms with Crippen LogP contribution in [-0.2, 0) is 15.6 Å². The number of piperidine rings is 1. The normalized spacial score (nSPS) is 20.6. The van der Waals surface area contributed by atoms with Crippen LogP contribution in [0.15, 0.2) is 60.7 Å². The van der Waals surface area contributed by atoms with E-state index in [9.17, 15) is 9.59 Å². The summed E-state index contributed by atoms with van der Waals surface area (Å²) in [6, 6.07) is 19.4. The Kier molecular flexibility index (Phi) is 8.50. The Balaban J connectivity index is 1.23. The molecule has 0 aromatic heterocycles. The lowest BCUT2D eigenvalue weighted by atomic mass is 9.71. The van der Waals surface area contributed by atoms with Crippen LogP contribution in [0, 0.1) is 0 Å². The van der Waals surface area contributed by atoms with Crippen LogP contribution in [-0.4, -0.2) is 82.5 Å². The summed E-state index contributed by atoms with van der Waals surface area (Å²) >= 11 is 0. The van der Waals surface area contributed by atoms with Crippen molar-refractivity contribution in [3.63, 3.8) is 0 Å². The molecule has 3 aromatic carbocycles. The first-order chi connectivity index (χ1) is 21.8. The molecule has 10 heteroatoms. The smallest absolute Gasteiger partial charge is 0.254 e. The SMILES string of the molecule is COc1cc(C(=O)N2CCC(CCN3CCC(C(N)=O)(c4ccccc4)CC3)(c3ccc4c(c3)OCO4)C2)cc(OC)c1OC. The van der Waals surface area contributed by atoms with E-state index in [1.54, 1.807) is 33.5 Å². The molecule has 2 N–H and O–H groups in total. The van der Waals surface area contributed by atoms with E-state index in [1.165, 1.54) is 0 Å². The molecule has 3 aliphatic rings. The number of hydrogen-bond acceptors (Lipinski definition) is 8. The minimum atomic E-state index is -0.649. The molecule has 0 spiro atoms. The van der Waals surface area contributed by atoms with E-state index in [-0.39, 0.29) is 24.0 Å². The molecule has 10 nitrogen and oxygen atoms in total. The fourth-order valence-corrected chi connectivity index (χ4v) is 7.21. The summed E-state index contributed by atoms with van der Waals surface area (Å²) < 4.78 is 27.8. The Labute approximate surface area is 263 Å². The summed E-state index contributed by atoms with van der Waals surface area (Å²) in [6.45, 7) is 3.71. The second-order valence-corrected chi connectivity index (χ2v) is 12.1. The second-order valence-electron chi connectivity index (χ2n) is 12.1. The predicted molar refractivity (Wildman–Crippen MR) is 168 cm³/mol. The molecule has 3 aliphatic heterocycles. The molecule has 1 unspecified atom stereocenters. The average molecular weight is 616 g/mol. The average Bonchev–Trinajstić information content (AvgIpc) is 3.74. The molecule has 0 aliphatic carbocycles. The number of carbonyl (C=O) groups excluding carboxylic acids is 2. The van der Waals surface area contributed by atoms with Crippen LogP contribution in [0.1, 0.15) is 47.2 Å². The van der Waals surface area contributed by atoms with Crippen LogP contribution >= 0.6 is 0 Å². The number of nitrogens with zero attached hydrogens (tertiary/aromatic N) is 2. The molecule has 45 heavy (non-hydrogen) atoms. The van der Waals surface area contributed by atoms with Crippen molar-refractivity contribution in [2.75, 3.05) is 60.8 Å². The van der Waals surface area contributed by atoms with Crippen molar-refractivity contribution < 1.29 is 33.3 Å². The Morgan fingerprint density at radius 1 is 0.822 bits per heavy atom. The Morgan fingerprint density at radius 3 is 2.16 bits per heavy atom. The third-order valence-corrected chi connectivity index (χ3v) is 9.95. The standard InChI is InChI=1S/C35H41N3O7/c1-41-29-19-24(20-30(42-2)31(29)43-3)32(39)38-18-12-34(22-38,26-9-10-27-28(21-26)45-23-44-27)11-15-37-16-13-35(14-17-37,33(36)40)25-7-5-4-6-8-25/h4-10,19-21H,11-18,22-23H2,1-3H3,(H2,36,40). The fourth-order valence-electron chi connectivity index (χ4n) is 7.21. The molecule has 3 heterocycles. The van der Waals surface area contributed by atoms with Crippen molar-refractivity contribution in [2.45, 2.75) is 36.5 Å². The molecule has 1 atom stereocenters. The van der Waals surface area contributed by atoms with E-state index in [4.69, 9.17) is 29.4 Å². The minimum absolute atomic E-state index is 0.0936. The van der Waals surface area contributed by atoms with Gasteiger partial charge in [0.2, 0.25) is 18.4 Å². The first-order valence-electron chi connectivity index (χ1n) is 15.4. The monoisotopic (exact) mass is 615 g/mol. The van der Waals surface area contributed by atoms with Gasteiger partial charge in [-0.2, -0.15) is 0 Å². The number of hydrogen-bond donors (Lipinski definition) is 1. The maximum atomic E-state index is 13.9. The molecule has 0 bridgehead atoms. The van der Waals surface area contributed by atoms with Crippen LogP contribution in [0.5, 0.6) is 28.7 Å². The molecule has 3 aromatic rings. The van der Waals surface area contributed by atoms with Gasteiger partial charge in [0.25, 0.3) is 5.91 Å². The molecule has 2 fully saturated rings. The minimum Gasteiger partial charge on any atom is -0.493 e. The van der Waals surface area contributed by atoms with Gasteiger partial charge in [-0.1, -0.05) is 36.4 Å². The highest BCUT2D eigenvalue weighted by Crippen LogP contribution is 2.45. The maximum Gasteiger partial charge on any atom is 0.254 e. The van der Waals surface area contributed by atoms with Gasteiger partial charge in [0.1, 0.15) is 0 Å². The Hall–Kier alpha value is -4.44. The lowest BCUT2D eigenvalue weighted by Gasteiger charge is -2.41. The van der Waals surface area contributed by atoms with Crippen LogP contribution in [0.3, 0.4) is 0 Å². The number of amides is 2. The summed E-state index contributed by atoms with van der Waals surface area (Å²) in [7, 11) is 4.62. The molecule has 6 rings (SSSR count). The van der Waals surface area contributed by atoms with E-state index in [2.05, 4.69) is 17.0 Å². The molecular formula is C35H41N3O7. The van der Waals surface area contributed by atoms with E-state index in [1.807, 2.05) is 41.3 Å². The number of methoxy groups -OCH3 is 3. The fraction of sp³-hybridized carbons (Fsp3) is 0.429. The zero-order valence-corrected chi connectivity index (χ0v) is 26.2. The zero-order chi connectivity index (χ0) is 31.6. The Morgan fingerprint density at radius 2 is 1.51 bits per heavy atom. The van der Waals surface area contributed by atoms with Gasteiger partial charge in [0.15, 0.2) is 23.0 Å². The van der Waals surface area contributed by atoms with E-state index in [0.717, 1.165) is 55.1 Å². The lowest BCUT2D eigenvalue weighted by Crippen LogP contribution is -2.50. The predicted octanol–water partition coefficient (Wildman–Crippen LogP) is 4.13.